The molecule has 27 heavy (non-hydrogen) atoms. The lowest BCUT2D eigenvalue weighted by Crippen LogP contribution is -2.52. The fourth-order valence-electron chi connectivity index (χ4n) is 3.88. The lowest BCUT2D eigenvalue weighted by molar-refractivity contribution is -0.126. The molecule has 2 amide bonds. The second-order valence-corrected chi connectivity index (χ2v) is 9.61. The number of hydrogen-bond donors (Lipinski definition) is 1. The number of halogens is 1. The van der Waals surface area contributed by atoms with Gasteiger partial charge in [0.15, 0.2) is 0 Å². The van der Waals surface area contributed by atoms with Crippen molar-refractivity contribution in [3.05, 3.63) is 70.2 Å². The lowest BCUT2D eigenvalue weighted by atomic mass is 10.0. The van der Waals surface area contributed by atoms with E-state index < -0.39 is 6.04 Å². The summed E-state index contributed by atoms with van der Waals surface area (Å²) in [5.74, 6) is -0.142. The number of hydrogen-bond acceptors (Lipinski definition) is 3. The second-order valence-electron chi connectivity index (χ2n) is 7.44. The maximum Gasteiger partial charge on any atom is 0.256 e. The zero-order valence-corrected chi connectivity index (χ0v) is 16.8. The van der Waals surface area contributed by atoms with Gasteiger partial charge in [0.2, 0.25) is 5.91 Å². The van der Waals surface area contributed by atoms with Crippen molar-refractivity contribution in [1.29, 1.82) is 0 Å². The van der Waals surface area contributed by atoms with Crippen LogP contribution in [-0.2, 0) is 11.2 Å². The van der Waals surface area contributed by atoms with Gasteiger partial charge in [-0.05, 0) is 49.6 Å². The standard InChI is InChI=1S/C21H21ClN2O2S/c1-21(2)17(18(25)23-12-11-13-7-9-14(22)10-8-13)24-19(26)15-5-3-4-6-16(15)20(24)27-21/h3-10,17,20H,11-12H2,1-2H3,(H,23,25). The van der Waals surface area contributed by atoms with Gasteiger partial charge in [0.05, 0.1) is 0 Å². The quantitative estimate of drug-likeness (QED) is 0.842. The summed E-state index contributed by atoms with van der Waals surface area (Å²) >= 11 is 7.59. The van der Waals surface area contributed by atoms with Gasteiger partial charge in [-0.1, -0.05) is 41.9 Å². The summed E-state index contributed by atoms with van der Waals surface area (Å²) in [6.07, 6.45) is 0.723. The van der Waals surface area contributed by atoms with E-state index in [0.717, 1.165) is 17.5 Å². The minimum atomic E-state index is -0.488. The SMILES string of the molecule is CC1(C)SC2c3ccccc3C(=O)N2C1C(=O)NCCc1ccc(Cl)cc1. The molecule has 0 saturated carbocycles. The monoisotopic (exact) mass is 400 g/mol. The Morgan fingerprint density at radius 3 is 2.63 bits per heavy atom. The molecular formula is C21H21ClN2O2S. The molecule has 2 aliphatic heterocycles. The highest BCUT2D eigenvalue weighted by atomic mass is 35.5. The number of rotatable bonds is 4. The number of nitrogens with one attached hydrogen (secondary N) is 1. The Hall–Kier alpha value is -1.98. The molecule has 2 aliphatic rings. The van der Waals surface area contributed by atoms with Crippen LogP contribution in [0.3, 0.4) is 0 Å². The average molecular weight is 401 g/mol. The second kappa shape index (κ2) is 6.88. The van der Waals surface area contributed by atoms with E-state index >= 15 is 0 Å². The van der Waals surface area contributed by atoms with Crippen LogP contribution in [0.4, 0.5) is 0 Å². The van der Waals surface area contributed by atoms with Gasteiger partial charge in [-0.2, -0.15) is 0 Å². The predicted octanol–water partition coefficient (Wildman–Crippen LogP) is 4.05. The van der Waals surface area contributed by atoms with E-state index in [4.69, 9.17) is 11.6 Å². The lowest BCUT2D eigenvalue weighted by Gasteiger charge is -2.29. The topological polar surface area (TPSA) is 49.4 Å². The van der Waals surface area contributed by atoms with Crippen molar-refractivity contribution >= 4 is 35.2 Å². The van der Waals surface area contributed by atoms with E-state index in [9.17, 15) is 9.59 Å². The highest BCUT2D eigenvalue weighted by Gasteiger charge is 2.57. The number of carbonyl (C=O) groups excluding carboxylic acids is 2. The smallest absolute Gasteiger partial charge is 0.256 e. The Kier molecular flexibility index (Phi) is 4.68. The molecule has 1 N–H and O–H groups in total. The first-order valence-corrected chi connectivity index (χ1v) is 10.3. The summed E-state index contributed by atoms with van der Waals surface area (Å²) in [7, 11) is 0. The van der Waals surface area contributed by atoms with Crippen LogP contribution in [0, 0.1) is 0 Å². The van der Waals surface area contributed by atoms with Crippen LogP contribution in [0.2, 0.25) is 5.02 Å². The molecule has 0 radical (unpaired) electrons. The maximum atomic E-state index is 13.0. The van der Waals surface area contributed by atoms with E-state index in [1.165, 1.54) is 0 Å². The first-order chi connectivity index (χ1) is 12.9. The molecule has 0 spiro atoms. The zero-order chi connectivity index (χ0) is 19.2. The molecular weight excluding hydrogens is 380 g/mol. The molecule has 2 atom stereocenters. The van der Waals surface area contributed by atoms with E-state index in [2.05, 4.69) is 5.32 Å². The van der Waals surface area contributed by atoms with Crippen LogP contribution in [0.25, 0.3) is 0 Å². The summed E-state index contributed by atoms with van der Waals surface area (Å²) in [5, 5.41) is 3.64. The highest BCUT2D eigenvalue weighted by molar-refractivity contribution is 8.01. The normalized spacial score (nSPS) is 22.5. The molecule has 140 valence electrons. The summed E-state index contributed by atoms with van der Waals surface area (Å²) in [6, 6.07) is 14.8. The first kappa shape index (κ1) is 18.4. The molecule has 4 nitrogen and oxygen atoms in total. The number of benzene rings is 2. The fourth-order valence-corrected chi connectivity index (χ4v) is 5.60. The van der Waals surface area contributed by atoms with Crippen LogP contribution in [0.1, 0.15) is 40.7 Å². The van der Waals surface area contributed by atoms with Gasteiger partial charge in [0, 0.05) is 21.9 Å². The summed E-state index contributed by atoms with van der Waals surface area (Å²) < 4.78 is -0.349. The van der Waals surface area contributed by atoms with Gasteiger partial charge in [-0.3, -0.25) is 9.59 Å². The molecule has 1 saturated heterocycles. The van der Waals surface area contributed by atoms with Crippen molar-refractivity contribution in [2.75, 3.05) is 6.54 Å². The van der Waals surface area contributed by atoms with Crippen LogP contribution in [0.5, 0.6) is 0 Å². The Labute approximate surface area is 168 Å². The van der Waals surface area contributed by atoms with Gasteiger partial charge < -0.3 is 10.2 Å². The van der Waals surface area contributed by atoms with E-state index in [-0.39, 0.29) is 21.9 Å². The van der Waals surface area contributed by atoms with Crippen molar-refractivity contribution in [3.63, 3.8) is 0 Å². The van der Waals surface area contributed by atoms with Gasteiger partial charge in [-0.15, -0.1) is 11.8 Å². The highest BCUT2D eigenvalue weighted by Crippen LogP contribution is 2.56. The third-order valence-corrected chi connectivity index (χ3v) is 6.96. The molecule has 0 aliphatic carbocycles. The Morgan fingerprint density at radius 1 is 1.19 bits per heavy atom. The molecule has 2 unspecified atom stereocenters. The van der Waals surface area contributed by atoms with Gasteiger partial charge in [0.1, 0.15) is 11.4 Å². The first-order valence-electron chi connectivity index (χ1n) is 9.00. The van der Waals surface area contributed by atoms with Gasteiger partial charge in [-0.25, -0.2) is 0 Å². The van der Waals surface area contributed by atoms with E-state index in [1.807, 2.05) is 62.4 Å². The van der Waals surface area contributed by atoms with Crippen molar-refractivity contribution in [2.24, 2.45) is 0 Å². The molecule has 6 heteroatoms. The molecule has 0 bridgehead atoms. The van der Waals surface area contributed by atoms with Crippen LogP contribution < -0.4 is 5.32 Å². The maximum absolute atomic E-state index is 13.0. The van der Waals surface area contributed by atoms with Gasteiger partial charge in [0.25, 0.3) is 5.91 Å². The van der Waals surface area contributed by atoms with Crippen LogP contribution >= 0.6 is 23.4 Å². The van der Waals surface area contributed by atoms with E-state index in [1.54, 1.807) is 16.7 Å². The fraction of sp³-hybridized carbons (Fsp3) is 0.333. The number of thioether (sulfide) groups is 1. The Balaban J connectivity index is 1.48. The molecule has 2 heterocycles. The van der Waals surface area contributed by atoms with Crippen molar-refractivity contribution in [2.45, 2.75) is 36.4 Å². The average Bonchev–Trinajstić information content (AvgIpc) is 3.07. The minimum absolute atomic E-state index is 0.0495. The molecule has 2 aromatic carbocycles. The van der Waals surface area contributed by atoms with Gasteiger partial charge >= 0.3 is 0 Å². The largest absolute Gasteiger partial charge is 0.354 e. The Bertz CT molecular complexity index is 897. The summed E-state index contributed by atoms with van der Waals surface area (Å²) in [4.78, 5) is 27.7. The third-order valence-electron chi connectivity index (χ3n) is 5.17. The van der Waals surface area contributed by atoms with Crippen molar-refractivity contribution in [3.8, 4) is 0 Å². The number of fused-ring (bicyclic) bond motifs is 3. The third kappa shape index (κ3) is 3.23. The number of nitrogens with zero attached hydrogens (tertiary/aromatic N) is 1. The van der Waals surface area contributed by atoms with Crippen LogP contribution in [-0.4, -0.2) is 34.0 Å². The predicted molar refractivity (Wildman–Crippen MR) is 109 cm³/mol. The molecule has 4 rings (SSSR count). The minimum Gasteiger partial charge on any atom is -0.354 e. The van der Waals surface area contributed by atoms with Crippen LogP contribution in [0.15, 0.2) is 48.5 Å². The van der Waals surface area contributed by atoms with E-state index in [0.29, 0.717) is 17.1 Å². The molecule has 2 aromatic rings. The summed E-state index contributed by atoms with van der Waals surface area (Å²) in [5.41, 5.74) is 2.84. The van der Waals surface area contributed by atoms with Crippen molar-refractivity contribution < 1.29 is 9.59 Å². The molecule has 1 fully saturated rings. The Morgan fingerprint density at radius 2 is 1.89 bits per heavy atom. The zero-order valence-electron chi connectivity index (χ0n) is 15.2. The number of amides is 2. The van der Waals surface area contributed by atoms with Crippen molar-refractivity contribution in [1.82, 2.24) is 10.2 Å². The summed E-state index contributed by atoms with van der Waals surface area (Å²) in [6.45, 7) is 4.60. The number of carbonyl (C=O) groups is 2. The molecule has 0 aromatic heterocycles.